The number of rotatable bonds is 4. The van der Waals surface area contributed by atoms with Crippen LogP contribution in [0.5, 0.6) is 0 Å². The number of halogens is 5. The van der Waals surface area contributed by atoms with E-state index in [4.69, 9.17) is 5.73 Å². The van der Waals surface area contributed by atoms with Gasteiger partial charge in [-0.25, -0.2) is 9.67 Å². The van der Waals surface area contributed by atoms with Gasteiger partial charge >= 0.3 is 6.18 Å². The highest BCUT2D eigenvalue weighted by Crippen LogP contribution is 2.32. The molecule has 6 nitrogen and oxygen atoms in total. The summed E-state index contributed by atoms with van der Waals surface area (Å²) in [7, 11) is 0. The average molecular weight is 409 g/mol. The first-order valence-electron chi connectivity index (χ1n) is 7.99. The van der Waals surface area contributed by atoms with Crippen molar-refractivity contribution in [2.45, 2.75) is 13.1 Å². The molecule has 3 rings (SSSR count). The third-order valence-corrected chi connectivity index (χ3v) is 3.80. The molecule has 150 valence electrons. The maximum Gasteiger partial charge on any atom is 0.416 e. The maximum absolute atomic E-state index is 13.9. The van der Waals surface area contributed by atoms with E-state index in [1.54, 1.807) is 0 Å². The molecule has 11 heteroatoms. The van der Waals surface area contributed by atoms with Crippen LogP contribution in [0.2, 0.25) is 0 Å². The molecular formula is C18H12F5N5O. The summed E-state index contributed by atoms with van der Waals surface area (Å²) in [5.74, 6) is -3.46. The van der Waals surface area contributed by atoms with E-state index < -0.39 is 29.5 Å². The Morgan fingerprint density at radius 3 is 2.52 bits per heavy atom. The second-order valence-corrected chi connectivity index (χ2v) is 6.01. The van der Waals surface area contributed by atoms with Crippen LogP contribution in [0.1, 0.15) is 16.7 Å². The van der Waals surface area contributed by atoms with E-state index in [1.165, 1.54) is 13.0 Å². The highest BCUT2D eigenvalue weighted by Gasteiger charge is 2.31. The summed E-state index contributed by atoms with van der Waals surface area (Å²) in [6, 6.07) is 5.14. The molecule has 0 saturated heterocycles. The van der Waals surface area contributed by atoms with Crippen LogP contribution in [0.15, 0.2) is 36.7 Å². The number of benzene rings is 1. The molecule has 0 fully saturated rings. The minimum Gasteiger partial charge on any atom is -0.366 e. The second kappa shape index (κ2) is 7.41. The molecule has 0 aliphatic carbocycles. The van der Waals surface area contributed by atoms with E-state index in [0.717, 1.165) is 41.5 Å². The van der Waals surface area contributed by atoms with Gasteiger partial charge in [0.1, 0.15) is 6.33 Å². The predicted octanol–water partition coefficient (Wildman–Crippen LogP) is 3.43. The van der Waals surface area contributed by atoms with Crippen molar-refractivity contribution in [2.24, 2.45) is 5.73 Å². The molecule has 29 heavy (non-hydrogen) atoms. The van der Waals surface area contributed by atoms with Gasteiger partial charge in [0.15, 0.2) is 5.82 Å². The van der Waals surface area contributed by atoms with Crippen LogP contribution in [0.25, 0.3) is 23.2 Å². The fourth-order valence-corrected chi connectivity index (χ4v) is 2.56. The zero-order valence-corrected chi connectivity index (χ0v) is 14.7. The smallest absolute Gasteiger partial charge is 0.366 e. The third-order valence-electron chi connectivity index (χ3n) is 3.80. The Bertz CT molecular complexity index is 1120. The summed E-state index contributed by atoms with van der Waals surface area (Å²) in [4.78, 5) is 18.6. The fourth-order valence-electron chi connectivity index (χ4n) is 2.56. The standard InChI is InChI=1S/C18H12F5N5O/c1-9-4-10(6-11(5-9)18(21,22)23)17-25-8-28(27-17)7-13(16(24)29)12-2-3-14(19)26-15(12)20/h2-8H,1H3,(H2,24,29)/b13-7-. The topological polar surface area (TPSA) is 86.7 Å². The van der Waals surface area contributed by atoms with Gasteiger partial charge in [0.05, 0.1) is 11.1 Å². The molecule has 1 amide bonds. The number of primary amides is 1. The number of aryl methyl sites for hydroxylation is 1. The van der Waals surface area contributed by atoms with E-state index in [9.17, 15) is 26.7 Å². The van der Waals surface area contributed by atoms with Gasteiger partial charge < -0.3 is 5.73 Å². The number of nitrogens with two attached hydrogens (primary N) is 1. The third kappa shape index (κ3) is 4.45. The summed E-state index contributed by atoms with van der Waals surface area (Å²) >= 11 is 0. The van der Waals surface area contributed by atoms with Crippen molar-refractivity contribution in [2.75, 3.05) is 0 Å². The van der Waals surface area contributed by atoms with Gasteiger partial charge in [-0.15, -0.1) is 5.10 Å². The SMILES string of the molecule is Cc1cc(-c2ncn(/C=C(\C(N)=O)c3ccc(F)nc3F)n2)cc(C(F)(F)F)c1. The summed E-state index contributed by atoms with van der Waals surface area (Å²) in [5, 5.41) is 3.98. The van der Waals surface area contributed by atoms with Crippen molar-refractivity contribution in [1.29, 1.82) is 0 Å². The number of carbonyl (C=O) groups excluding carboxylic acids is 1. The van der Waals surface area contributed by atoms with Gasteiger partial charge in [0.2, 0.25) is 11.9 Å². The molecule has 0 radical (unpaired) electrons. The number of pyridine rings is 1. The molecule has 0 saturated carbocycles. The first-order valence-corrected chi connectivity index (χ1v) is 7.99. The number of nitrogens with zero attached hydrogens (tertiary/aromatic N) is 4. The monoisotopic (exact) mass is 409 g/mol. The lowest BCUT2D eigenvalue weighted by atomic mass is 10.1. The normalized spacial score (nSPS) is 12.3. The average Bonchev–Trinajstić information content (AvgIpc) is 3.07. The first kappa shape index (κ1) is 20.1. The zero-order chi connectivity index (χ0) is 21.3. The van der Waals surface area contributed by atoms with Crippen LogP contribution < -0.4 is 5.73 Å². The lowest BCUT2D eigenvalue weighted by molar-refractivity contribution is -0.137. The minimum absolute atomic E-state index is 0.0584. The van der Waals surface area contributed by atoms with Gasteiger partial charge in [-0.05, 0) is 42.8 Å². The van der Waals surface area contributed by atoms with Crippen LogP contribution in [0.4, 0.5) is 22.0 Å². The number of carbonyl (C=O) groups is 1. The van der Waals surface area contributed by atoms with Crippen molar-refractivity contribution < 1.29 is 26.7 Å². The number of hydrogen-bond donors (Lipinski definition) is 1. The molecule has 2 N–H and O–H groups in total. The van der Waals surface area contributed by atoms with E-state index >= 15 is 0 Å². The molecule has 2 heterocycles. The van der Waals surface area contributed by atoms with Gasteiger partial charge in [-0.1, -0.05) is 0 Å². The lowest BCUT2D eigenvalue weighted by Gasteiger charge is -2.09. The first-order chi connectivity index (χ1) is 13.5. The Balaban J connectivity index is 2.03. The van der Waals surface area contributed by atoms with Gasteiger partial charge in [0, 0.05) is 17.3 Å². The molecule has 1 aromatic carbocycles. The summed E-state index contributed by atoms with van der Waals surface area (Å²) < 4.78 is 66.9. The second-order valence-electron chi connectivity index (χ2n) is 6.01. The zero-order valence-electron chi connectivity index (χ0n) is 14.7. The van der Waals surface area contributed by atoms with Crippen LogP contribution >= 0.6 is 0 Å². The predicted molar refractivity (Wildman–Crippen MR) is 92.7 cm³/mol. The lowest BCUT2D eigenvalue weighted by Crippen LogP contribution is -2.15. The van der Waals surface area contributed by atoms with E-state index in [1.807, 2.05) is 0 Å². The Morgan fingerprint density at radius 2 is 1.90 bits per heavy atom. The van der Waals surface area contributed by atoms with E-state index in [0.29, 0.717) is 5.56 Å². The fraction of sp³-hybridized carbons (Fsp3) is 0.111. The van der Waals surface area contributed by atoms with Gasteiger partial charge in [-0.2, -0.15) is 26.9 Å². The number of alkyl halides is 3. The van der Waals surface area contributed by atoms with Crippen LogP contribution in [0, 0.1) is 18.8 Å². The molecule has 0 aliphatic rings. The summed E-state index contributed by atoms with van der Waals surface area (Å²) in [6.45, 7) is 1.49. The molecule has 0 bridgehead atoms. The van der Waals surface area contributed by atoms with Gasteiger partial charge in [-0.3, -0.25) is 4.79 Å². The molecule has 0 spiro atoms. The van der Waals surface area contributed by atoms with Crippen molar-refractivity contribution in [1.82, 2.24) is 19.7 Å². The van der Waals surface area contributed by atoms with Crippen molar-refractivity contribution in [3.63, 3.8) is 0 Å². The quantitative estimate of drug-likeness (QED) is 0.406. The number of hydrogen-bond acceptors (Lipinski definition) is 4. The Morgan fingerprint density at radius 1 is 1.17 bits per heavy atom. The highest BCUT2D eigenvalue weighted by molar-refractivity contribution is 6.22. The van der Waals surface area contributed by atoms with Crippen molar-refractivity contribution in [3.05, 3.63) is 65.2 Å². The van der Waals surface area contributed by atoms with E-state index in [2.05, 4.69) is 15.1 Å². The highest BCUT2D eigenvalue weighted by atomic mass is 19.4. The molecule has 2 aromatic heterocycles. The van der Waals surface area contributed by atoms with Crippen LogP contribution in [-0.2, 0) is 11.0 Å². The molecule has 0 aliphatic heterocycles. The molecular weight excluding hydrogens is 397 g/mol. The number of aromatic nitrogens is 4. The van der Waals surface area contributed by atoms with Crippen LogP contribution in [-0.4, -0.2) is 25.7 Å². The van der Waals surface area contributed by atoms with Crippen molar-refractivity contribution >= 4 is 17.7 Å². The van der Waals surface area contributed by atoms with E-state index in [-0.39, 0.29) is 22.5 Å². The Labute approximate surface area is 160 Å². The summed E-state index contributed by atoms with van der Waals surface area (Å²) in [5.41, 5.74) is 4.07. The Kier molecular flexibility index (Phi) is 5.14. The number of amides is 1. The molecule has 0 atom stereocenters. The Hall–Kier alpha value is -3.63. The summed E-state index contributed by atoms with van der Waals surface area (Å²) in [6.07, 6.45) is -2.44. The molecule has 3 aromatic rings. The van der Waals surface area contributed by atoms with Crippen molar-refractivity contribution in [3.8, 4) is 11.4 Å². The minimum atomic E-state index is -4.55. The molecule has 0 unspecified atom stereocenters. The largest absolute Gasteiger partial charge is 0.416 e. The maximum atomic E-state index is 13.9. The van der Waals surface area contributed by atoms with Crippen LogP contribution in [0.3, 0.4) is 0 Å². The van der Waals surface area contributed by atoms with Gasteiger partial charge in [0.25, 0.3) is 5.91 Å².